The Morgan fingerprint density at radius 1 is 0.964 bits per heavy atom. The van der Waals surface area contributed by atoms with Crippen molar-refractivity contribution in [3.05, 3.63) is 72.7 Å². The van der Waals surface area contributed by atoms with Gasteiger partial charge in [0.25, 0.3) is 0 Å². The van der Waals surface area contributed by atoms with Gasteiger partial charge in [-0.15, -0.1) is 13.2 Å². The zero-order valence-corrected chi connectivity index (χ0v) is 15.0. The Labute approximate surface area is 159 Å². The van der Waals surface area contributed by atoms with Gasteiger partial charge in [0, 0.05) is 5.56 Å². The molecule has 0 spiro atoms. The molecule has 0 atom stereocenters. The molecule has 0 aliphatic heterocycles. The zero-order valence-electron chi connectivity index (χ0n) is 14.2. The van der Waals surface area contributed by atoms with Crippen LogP contribution in [0.2, 0.25) is 0 Å². The Hall–Kier alpha value is -2.98. The van der Waals surface area contributed by atoms with Crippen molar-refractivity contribution in [2.75, 3.05) is 0 Å². The van der Waals surface area contributed by atoms with Gasteiger partial charge in [0.2, 0.25) is 10.0 Å². The molecule has 1 N–H and O–H groups in total. The summed E-state index contributed by atoms with van der Waals surface area (Å²) in [6.07, 6.45) is -3.73. The van der Waals surface area contributed by atoms with Gasteiger partial charge >= 0.3 is 6.36 Å². The molecule has 28 heavy (non-hydrogen) atoms. The fraction of sp³-hybridized carbons (Fsp3) is 0.111. The lowest BCUT2D eigenvalue weighted by Gasteiger charge is -2.14. The number of alkyl halides is 3. The van der Waals surface area contributed by atoms with E-state index in [0.717, 1.165) is 17.7 Å². The predicted octanol–water partition coefficient (Wildman–Crippen LogP) is 3.52. The average Bonchev–Trinajstić information content (AvgIpc) is 2.66. The number of sulfonamides is 1. The van der Waals surface area contributed by atoms with Gasteiger partial charge < -0.3 is 4.74 Å². The SMILES string of the molecule is O=S(=O)(NCc1cc(-c2ccccc2)ncn1)c1ccccc1OC(F)(F)F. The summed E-state index contributed by atoms with van der Waals surface area (Å²) in [5.74, 6) is -0.810. The minimum absolute atomic E-state index is 0.231. The van der Waals surface area contributed by atoms with E-state index in [9.17, 15) is 21.6 Å². The first-order valence-corrected chi connectivity index (χ1v) is 9.44. The van der Waals surface area contributed by atoms with Crippen molar-refractivity contribution in [3.8, 4) is 17.0 Å². The molecule has 0 fully saturated rings. The molecule has 0 aliphatic carbocycles. The number of hydrogen-bond donors (Lipinski definition) is 1. The third-order valence-electron chi connectivity index (χ3n) is 3.60. The van der Waals surface area contributed by atoms with E-state index in [2.05, 4.69) is 19.4 Å². The summed E-state index contributed by atoms with van der Waals surface area (Å²) in [5, 5.41) is 0. The molecular weight excluding hydrogens is 395 g/mol. The van der Waals surface area contributed by atoms with Crippen LogP contribution in [0, 0.1) is 0 Å². The van der Waals surface area contributed by atoms with Crippen LogP contribution in [0.4, 0.5) is 13.2 Å². The molecule has 6 nitrogen and oxygen atoms in total. The number of nitrogens with one attached hydrogen (secondary N) is 1. The van der Waals surface area contributed by atoms with Crippen LogP contribution in [0.5, 0.6) is 5.75 Å². The van der Waals surface area contributed by atoms with Crippen molar-refractivity contribution < 1.29 is 26.3 Å². The molecule has 146 valence electrons. The fourth-order valence-electron chi connectivity index (χ4n) is 2.39. The van der Waals surface area contributed by atoms with E-state index < -0.39 is 27.0 Å². The molecule has 0 unspecified atom stereocenters. The molecule has 0 aliphatic rings. The van der Waals surface area contributed by atoms with E-state index in [1.165, 1.54) is 18.5 Å². The summed E-state index contributed by atoms with van der Waals surface area (Å²) in [5.41, 5.74) is 1.76. The number of halogens is 3. The van der Waals surface area contributed by atoms with Crippen LogP contribution in [0.25, 0.3) is 11.3 Å². The normalized spacial score (nSPS) is 12.0. The first-order chi connectivity index (χ1) is 13.2. The summed E-state index contributed by atoms with van der Waals surface area (Å²) < 4.78 is 68.5. The van der Waals surface area contributed by atoms with Crippen molar-refractivity contribution >= 4 is 10.0 Å². The van der Waals surface area contributed by atoms with Crippen molar-refractivity contribution in [2.45, 2.75) is 17.8 Å². The summed E-state index contributed by atoms with van der Waals surface area (Å²) in [4.78, 5) is 7.51. The van der Waals surface area contributed by atoms with Gasteiger partial charge in [-0.25, -0.2) is 23.1 Å². The highest BCUT2D eigenvalue weighted by Crippen LogP contribution is 2.29. The second-order valence-electron chi connectivity index (χ2n) is 5.58. The Morgan fingerprint density at radius 3 is 2.36 bits per heavy atom. The van der Waals surface area contributed by atoms with Crippen LogP contribution in [-0.4, -0.2) is 24.7 Å². The number of nitrogens with zero attached hydrogens (tertiary/aromatic N) is 2. The van der Waals surface area contributed by atoms with E-state index in [-0.39, 0.29) is 6.54 Å². The van der Waals surface area contributed by atoms with Crippen LogP contribution in [0.1, 0.15) is 5.69 Å². The average molecular weight is 409 g/mol. The largest absolute Gasteiger partial charge is 0.573 e. The van der Waals surface area contributed by atoms with Gasteiger partial charge in [-0.2, -0.15) is 0 Å². The Balaban J connectivity index is 1.80. The van der Waals surface area contributed by atoms with Crippen molar-refractivity contribution in [3.63, 3.8) is 0 Å². The molecule has 0 bridgehead atoms. The quantitative estimate of drug-likeness (QED) is 0.674. The molecule has 0 radical (unpaired) electrons. The standard InChI is InChI=1S/C18H14F3N3O3S/c19-18(20,21)27-16-8-4-5-9-17(16)28(25,26)24-11-14-10-15(23-12-22-14)13-6-2-1-3-7-13/h1-10,12,24H,11H2. The zero-order chi connectivity index (χ0) is 20.2. The smallest absolute Gasteiger partial charge is 0.404 e. The maximum absolute atomic E-state index is 12.5. The van der Waals surface area contributed by atoms with Gasteiger partial charge in [-0.1, -0.05) is 42.5 Å². The van der Waals surface area contributed by atoms with Crippen LogP contribution in [0.3, 0.4) is 0 Å². The summed E-state index contributed by atoms with van der Waals surface area (Å²) in [6.45, 7) is -0.231. The van der Waals surface area contributed by atoms with Crippen molar-refractivity contribution in [1.82, 2.24) is 14.7 Å². The van der Waals surface area contributed by atoms with E-state index >= 15 is 0 Å². The highest BCUT2D eigenvalue weighted by atomic mass is 32.2. The van der Waals surface area contributed by atoms with Crippen molar-refractivity contribution in [1.29, 1.82) is 0 Å². The van der Waals surface area contributed by atoms with Crippen LogP contribution in [0.15, 0.2) is 71.9 Å². The summed E-state index contributed by atoms with van der Waals surface area (Å²) >= 11 is 0. The number of hydrogen-bond acceptors (Lipinski definition) is 5. The van der Waals surface area contributed by atoms with Crippen LogP contribution >= 0.6 is 0 Å². The molecule has 3 aromatic rings. The van der Waals surface area contributed by atoms with Gasteiger partial charge in [-0.05, 0) is 18.2 Å². The number of para-hydroxylation sites is 1. The molecule has 10 heteroatoms. The fourth-order valence-corrected chi connectivity index (χ4v) is 3.51. The van der Waals surface area contributed by atoms with E-state index in [1.54, 1.807) is 6.07 Å². The highest BCUT2D eigenvalue weighted by Gasteiger charge is 2.33. The molecule has 0 saturated heterocycles. The maximum Gasteiger partial charge on any atom is 0.573 e. The van der Waals surface area contributed by atoms with E-state index in [0.29, 0.717) is 11.4 Å². The number of ether oxygens (including phenoxy) is 1. The monoisotopic (exact) mass is 409 g/mol. The third-order valence-corrected chi connectivity index (χ3v) is 5.04. The summed E-state index contributed by atoms with van der Waals surface area (Å²) in [7, 11) is -4.27. The minimum atomic E-state index is -5.01. The molecule has 0 amide bonds. The second-order valence-corrected chi connectivity index (χ2v) is 7.32. The number of rotatable bonds is 6. The third kappa shape index (κ3) is 5.05. The first kappa shape index (κ1) is 19.8. The number of aromatic nitrogens is 2. The lowest BCUT2D eigenvalue weighted by molar-refractivity contribution is -0.275. The van der Waals surface area contributed by atoms with E-state index in [1.807, 2.05) is 30.3 Å². The van der Waals surface area contributed by atoms with Crippen molar-refractivity contribution in [2.24, 2.45) is 0 Å². The van der Waals surface area contributed by atoms with Gasteiger partial charge in [0.05, 0.1) is 17.9 Å². The predicted molar refractivity (Wildman–Crippen MR) is 94.6 cm³/mol. The first-order valence-electron chi connectivity index (χ1n) is 7.95. The molecular formula is C18H14F3N3O3S. The van der Waals surface area contributed by atoms with Crippen LogP contribution in [-0.2, 0) is 16.6 Å². The minimum Gasteiger partial charge on any atom is -0.404 e. The highest BCUT2D eigenvalue weighted by molar-refractivity contribution is 7.89. The van der Waals surface area contributed by atoms with E-state index in [4.69, 9.17) is 0 Å². The molecule has 1 aromatic heterocycles. The Morgan fingerprint density at radius 2 is 1.64 bits per heavy atom. The second kappa shape index (κ2) is 7.95. The van der Waals surface area contributed by atoms with Gasteiger partial charge in [0.1, 0.15) is 17.0 Å². The molecule has 0 saturated carbocycles. The molecule has 3 rings (SSSR count). The van der Waals surface area contributed by atoms with Crippen LogP contribution < -0.4 is 9.46 Å². The summed E-state index contributed by atoms with van der Waals surface area (Å²) in [6, 6.07) is 15.3. The Bertz CT molecular complexity index is 1060. The van der Waals surface area contributed by atoms with Gasteiger partial charge in [-0.3, -0.25) is 0 Å². The Kier molecular flexibility index (Phi) is 5.61. The lowest BCUT2D eigenvalue weighted by atomic mass is 10.1. The molecule has 2 aromatic carbocycles. The molecule has 1 heterocycles. The topological polar surface area (TPSA) is 81.2 Å². The van der Waals surface area contributed by atoms with Gasteiger partial charge in [0.15, 0.2) is 0 Å². The lowest BCUT2D eigenvalue weighted by Crippen LogP contribution is -2.26. The maximum atomic E-state index is 12.5. The number of benzene rings is 2.